The predicted molar refractivity (Wildman–Crippen MR) is 73.9 cm³/mol. The molecule has 1 aromatic rings. The highest BCUT2D eigenvalue weighted by molar-refractivity contribution is 5.67. The van der Waals surface area contributed by atoms with Crippen molar-refractivity contribution in [1.82, 2.24) is 5.32 Å². The minimum Gasteiger partial charge on any atom is -0.444 e. The van der Waals surface area contributed by atoms with Crippen molar-refractivity contribution in [2.75, 3.05) is 0 Å². The molecule has 0 radical (unpaired) electrons. The normalized spacial score (nSPS) is 11.0. The van der Waals surface area contributed by atoms with E-state index in [1.54, 1.807) is 32.9 Å². The monoisotopic (exact) mass is 281 g/mol. The molecule has 0 saturated heterocycles. The van der Waals surface area contributed by atoms with Gasteiger partial charge in [0.2, 0.25) is 0 Å². The molecular weight excluding hydrogens is 261 g/mol. The smallest absolute Gasteiger partial charge is 0.407 e. The average molecular weight is 281 g/mol. The van der Waals surface area contributed by atoms with E-state index in [4.69, 9.17) is 4.74 Å². The molecule has 0 aliphatic carbocycles. The Morgan fingerprint density at radius 1 is 1.40 bits per heavy atom. The van der Waals surface area contributed by atoms with E-state index in [1.807, 2.05) is 0 Å². The van der Waals surface area contributed by atoms with Gasteiger partial charge in [0.25, 0.3) is 0 Å². The summed E-state index contributed by atoms with van der Waals surface area (Å²) in [4.78, 5) is 21.7. The number of carbonyl (C=O) groups is 2. The zero-order valence-electron chi connectivity index (χ0n) is 12.0. The van der Waals surface area contributed by atoms with Crippen molar-refractivity contribution in [3.05, 3.63) is 35.1 Å². The van der Waals surface area contributed by atoms with Gasteiger partial charge in [0, 0.05) is 18.5 Å². The maximum atomic E-state index is 13.8. The lowest BCUT2D eigenvalue weighted by Gasteiger charge is -2.19. The van der Waals surface area contributed by atoms with Gasteiger partial charge in [0.05, 0.1) is 0 Å². The van der Waals surface area contributed by atoms with Crippen LogP contribution in [-0.2, 0) is 22.5 Å². The zero-order chi connectivity index (χ0) is 15.2. The van der Waals surface area contributed by atoms with Crippen LogP contribution in [0.25, 0.3) is 0 Å². The molecule has 0 aromatic heterocycles. The van der Waals surface area contributed by atoms with Crippen LogP contribution in [0.2, 0.25) is 0 Å². The van der Waals surface area contributed by atoms with Crippen LogP contribution >= 0.6 is 0 Å². The minimum atomic E-state index is -0.582. The van der Waals surface area contributed by atoms with E-state index in [-0.39, 0.29) is 6.54 Å². The molecule has 1 amide bonds. The number of aryl methyl sites for hydroxylation is 1. The number of hydrogen-bond acceptors (Lipinski definition) is 3. The third-order valence-electron chi connectivity index (χ3n) is 2.49. The van der Waals surface area contributed by atoms with Crippen LogP contribution in [0.4, 0.5) is 9.18 Å². The Balaban J connectivity index is 2.56. The molecule has 0 atom stereocenters. The van der Waals surface area contributed by atoms with Crippen LogP contribution in [0.15, 0.2) is 18.2 Å². The Bertz CT molecular complexity index is 480. The molecule has 0 spiro atoms. The van der Waals surface area contributed by atoms with Crippen LogP contribution in [0.3, 0.4) is 0 Å². The maximum absolute atomic E-state index is 13.8. The van der Waals surface area contributed by atoms with Gasteiger partial charge in [-0.3, -0.25) is 0 Å². The Morgan fingerprint density at radius 3 is 2.65 bits per heavy atom. The van der Waals surface area contributed by atoms with Crippen LogP contribution < -0.4 is 5.32 Å². The summed E-state index contributed by atoms with van der Waals surface area (Å²) in [5, 5.41) is 2.50. The number of ether oxygens (including phenoxy) is 1. The first-order valence-corrected chi connectivity index (χ1v) is 6.49. The average Bonchev–Trinajstić information content (AvgIpc) is 2.33. The third kappa shape index (κ3) is 5.82. The van der Waals surface area contributed by atoms with Gasteiger partial charge in [0.15, 0.2) is 0 Å². The van der Waals surface area contributed by atoms with Crippen molar-refractivity contribution in [3.63, 3.8) is 0 Å². The summed E-state index contributed by atoms with van der Waals surface area (Å²) in [6.45, 7) is 5.34. The molecule has 1 rings (SSSR count). The highest BCUT2D eigenvalue weighted by Gasteiger charge is 2.16. The molecule has 110 valence electrons. The van der Waals surface area contributed by atoms with Gasteiger partial charge in [-0.15, -0.1) is 0 Å². The fraction of sp³-hybridized carbons (Fsp3) is 0.467. The number of aldehydes is 1. The molecular formula is C15H20FNO3. The molecule has 0 saturated carbocycles. The van der Waals surface area contributed by atoms with Gasteiger partial charge in [-0.05, 0) is 38.8 Å². The molecule has 0 bridgehead atoms. The lowest BCUT2D eigenvalue weighted by molar-refractivity contribution is -0.107. The van der Waals surface area contributed by atoms with Crippen molar-refractivity contribution in [2.45, 2.75) is 45.8 Å². The highest BCUT2D eigenvalue weighted by Crippen LogP contribution is 2.12. The van der Waals surface area contributed by atoms with Crippen molar-refractivity contribution in [1.29, 1.82) is 0 Å². The first-order chi connectivity index (χ1) is 9.31. The summed E-state index contributed by atoms with van der Waals surface area (Å²) in [5.41, 5.74) is 0.558. The van der Waals surface area contributed by atoms with Gasteiger partial charge >= 0.3 is 6.09 Å². The molecule has 0 unspecified atom stereocenters. The van der Waals surface area contributed by atoms with Gasteiger partial charge in [0.1, 0.15) is 17.7 Å². The molecule has 0 heterocycles. The van der Waals surface area contributed by atoms with Crippen molar-refractivity contribution in [3.8, 4) is 0 Å². The topological polar surface area (TPSA) is 55.4 Å². The largest absolute Gasteiger partial charge is 0.444 e. The van der Waals surface area contributed by atoms with Gasteiger partial charge in [-0.2, -0.15) is 0 Å². The molecule has 1 aromatic carbocycles. The van der Waals surface area contributed by atoms with Crippen LogP contribution in [0, 0.1) is 5.82 Å². The molecule has 0 aliphatic heterocycles. The summed E-state index contributed by atoms with van der Waals surface area (Å²) in [5.74, 6) is -0.399. The Morgan fingerprint density at radius 2 is 2.10 bits per heavy atom. The first kappa shape index (κ1) is 16.1. The summed E-state index contributed by atoms with van der Waals surface area (Å²) in [7, 11) is 0. The number of nitrogens with one attached hydrogen (secondary N) is 1. The van der Waals surface area contributed by atoms with E-state index < -0.39 is 17.5 Å². The molecule has 0 aliphatic rings. The summed E-state index contributed by atoms with van der Waals surface area (Å²) < 4.78 is 18.9. The first-order valence-electron chi connectivity index (χ1n) is 6.49. The Labute approximate surface area is 118 Å². The second-order valence-electron chi connectivity index (χ2n) is 5.49. The number of benzene rings is 1. The summed E-state index contributed by atoms with van der Waals surface area (Å²) >= 11 is 0. The second-order valence-corrected chi connectivity index (χ2v) is 5.49. The fourth-order valence-electron chi connectivity index (χ4n) is 1.60. The molecule has 4 nitrogen and oxygen atoms in total. The summed E-state index contributed by atoms with van der Waals surface area (Å²) in [6.07, 6.45) is 1.10. The Kier molecular flexibility index (Phi) is 5.67. The number of halogens is 1. The maximum Gasteiger partial charge on any atom is 0.407 e. The predicted octanol–water partition coefficient (Wildman–Crippen LogP) is 2.98. The number of carbonyl (C=O) groups excluding carboxylic acids is 2. The van der Waals surface area contributed by atoms with Crippen LogP contribution in [0.1, 0.15) is 38.3 Å². The lowest BCUT2D eigenvalue weighted by Crippen LogP contribution is -2.32. The van der Waals surface area contributed by atoms with E-state index >= 15 is 0 Å². The summed E-state index contributed by atoms with van der Waals surface area (Å²) in [6, 6.07) is 4.74. The zero-order valence-corrected chi connectivity index (χ0v) is 12.0. The van der Waals surface area contributed by atoms with Gasteiger partial charge in [-0.25, -0.2) is 9.18 Å². The quantitative estimate of drug-likeness (QED) is 0.844. The molecule has 5 heteroatoms. The number of amides is 1. The van der Waals surface area contributed by atoms with E-state index in [0.29, 0.717) is 18.4 Å². The van der Waals surface area contributed by atoms with Crippen molar-refractivity contribution >= 4 is 12.4 Å². The number of hydrogen-bond donors (Lipinski definition) is 1. The van der Waals surface area contributed by atoms with E-state index in [1.165, 1.54) is 6.07 Å². The number of rotatable bonds is 5. The van der Waals surface area contributed by atoms with E-state index in [9.17, 15) is 14.0 Å². The molecule has 0 fully saturated rings. The number of alkyl carbamates (subject to hydrolysis) is 1. The van der Waals surface area contributed by atoms with Crippen LogP contribution in [0.5, 0.6) is 0 Å². The second kappa shape index (κ2) is 7.03. The standard InChI is InChI=1S/C15H20FNO3/c1-15(2,3)20-14(19)17-10-12-7-6-11(5-4-8-18)9-13(12)16/h6-9H,4-5,10H2,1-3H3,(H,17,19). The van der Waals surface area contributed by atoms with Gasteiger partial charge in [-0.1, -0.05) is 12.1 Å². The van der Waals surface area contributed by atoms with Crippen molar-refractivity contribution in [2.24, 2.45) is 0 Å². The van der Waals surface area contributed by atoms with E-state index in [2.05, 4.69) is 5.32 Å². The lowest BCUT2D eigenvalue weighted by atomic mass is 10.1. The SMILES string of the molecule is CC(C)(C)OC(=O)NCc1ccc(CCC=O)cc1F. The van der Waals surface area contributed by atoms with E-state index in [0.717, 1.165) is 11.8 Å². The molecule has 20 heavy (non-hydrogen) atoms. The Hall–Kier alpha value is -1.91. The highest BCUT2D eigenvalue weighted by atomic mass is 19.1. The minimum absolute atomic E-state index is 0.0642. The van der Waals surface area contributed by atoms with Crippen LogP contribution in [-0.4, -0.2) is 18.0 Å². The van der Waals surface area contributed by atoms with Gasteiger partial charge < -0.3 is 14.8 Å². The third-order valence-corrected chi connectivity index (χ3v) is 2.49. The molecule has 1 N–H and O–H groups in total. The van der Waals surface area contributed by atoms with Crippen molar-refractivity contribution < 1.29 is 18.7 Å². The fourth-order valence-corrected chi connectivity index (χ4v) is 1.60.